The standard InChI is InChI=1S/2C6H9NO4.Cu/c2*1-2-5(8)11-3-4(7)6(9)10;/h2*2,4H,1,3,7H2,(H,9,10);/t2*4-;/m00./s1. The maximum Gasteiger partial charge on any atom is 0.330 e. The third-order valence-electron chi connectivity index (χ3n) is 1.78. The van der Waals surface area contributed by atoms with Crippen molar-refractivity contribution in [3.63, 3.8) is 0 Å². The average Bonchev–Trinajstić information content (AvgIpc) is 2.49. The van der Waals surface area contributed by atoms with Crippen LogP contribution in [0, 0.1) is 0 Å². The van der Waals surface area contributed by atoms with E-state index in [-0.39, 0.29) is 30.3 Å². The van der Waals surface area contributed by atoms with E-state index in [2.05, 4.69) is 22.6 Å². The van der Waals surface area contributed by atoms with Gasteiger partial charge >= 0.3 is 23.9 Å². The quantitative estimate of drug-likeness (QED) is 0.214. The molecular weight excluding hydrogens is 364 g/mol. The van der Waals surface area contributed by atoms with Crippen molar-refractivity contribution in [2.75, 3.05) is 13.2 Å². The second-order valence-corrected chi connectivity index (χ2v) is 3.56. The van der Waals surface area contributed by atoms with E-state index in [9.17, 15) is 19.2 Å². The molecule has 0 aromatic rings. The smallest absolute Gasteiger partial charge is 0.330 e. The zero-order valence-electron chi connectivity index (χ0n) is 11.9. The van der Waals surface area contributed by atoms with Gasteiger partial charge in [-0.15, -0.1) is 0 Å². The normalized spacial score (nSPS) is 11.2. The summed E-state index contributed by atoms with van der Waals surface area (Å²) < 4.78 is 8.70. The van der Waals surface area contributed by atoms with Crippen LogP contribution in [0.25, 0.3) is 0 Å². The summed E-state index contributed by atoms with van der Waals surface area (Å²) in [5.74, 6) is -3.77. The fourth-order valence-corrected chi connectivity index (χ4v) is 0.604. The van der Waals surface area contributed by atoms with Gasteiger partial charge in [0.25, 0.3) is 0 Å². The molecule has 0 saturated heterocycles. The average molecular weight is 382 g/mol. The molecule has 0 fully saturated rings. The molecule has 0 heterocycles. The predicted molar refractivity (Wildman–Crippen MR) is 73.5 cm³/mol. The van der Waals surface area contributed by atoms with Gasteiger partial charge in [0, 0.05) is 29.2 Å². The van der Waals surface area contributed by atoms with Crippen LogP contribution in [0.1, 0.15) is 0 Å². The van der Waals surface area contributed by atoms with Crippen molar-refractivity contribution < 1.29 is 55.9 Å². The van der Waals surface area contributed by atoms with Gasteiger partial charge in [0.15, 0.2) is 0 Å². The summed E-state index contributed by atoms with van der Waals surface area (Å²) in [7, 11) is 0. The van der Waals surface area contributed by atoms with Crippen molar-refractivity contribution in [3.05, 3.63) is 25.3 Å². The molecule has 6 N–H and O–H groups in total. The van der Waals surface area contributed by atoms with Gasteiger partial charge in [-0.1, -0.05) is 13.2 Å². The Balaban J connectivity index is -0.000000333. The first-order valence-corrected chi connectivity index (χ1v) is 5.70. The largest absolute Gasteiger partial charge is 0.480 e. The Morgan fingerprint density at radius 1 is 0.870 bits per heavy atom. The number of carboxylic acid groups (broad SMARTS) is 2. The molecule has 23 heavy (non-hydrogen) atoms. The molecule has 2 atom stereocenters. The summed E-state index contributed by atoms with van der Waals surface area (Å²) in [6.45, 7) is 5.57. The molecule has 11 heteroatoms. The maximum absolute atomic E-state index is 10.4. The Labute approximate surface area is 142 Å². The molecule has 0 aromatic carbocycles. The van der Waals surface area contributed by atoms with Crippen LogP contribution in [0.15, 0.2) is 25.3 Å². The van der Waals surface area contributed by atoms with E-state index in [1.165, 1.54) is 0 Å². The Morgan fingerprint density at radius 2 is 1.13 bits per heavy atom. The first-order valence-electron chi connectivity index (χ1n) is 5.70. The molecule has 0 aliphatic rings. The Bertz CT molecular complexity index is 401. The Hall–Kier alpha value is -2.20. The number of hydrogen-bond donors (Lipinski definition) is 4. The minimum absolute atomic E-state index is 0. The van der Waals surface area contributed by atoms with Crippen LogP contribution < -0.4 is 11.5 Å². The van der Waals surface area contributed by atoms with Crippen molar-refractivity contribution in [2.45, 2.75) is 12.1 Å². The van der Waals surface area contributed by atoms with E-state index in [1.54, 1.807) is 0 Å². The van der Waals surface area contributed by atoms with Gasteiger partial charge in [0.1, 0.15) is 25.3 Å². The summed E-state index contributed by atoms with van der Waals surface area (Å²) in [5, 5.41) is 16.5. The molecule has 0 aliphatic carbocycles. The van der Waals surface area contributed by atoms with Crippen LogP contribution in [0.4, 0.5) is 0 Å². The van der Waals surface area contributed by atoms with Gasteiger partial charge in [-0.2, -0.15) is 0 Å². The Kier molecular flexibility index (Phi) is 16.5. The number of carbonyl (C=O) groups is 4. The number of esters is 2. The molecule has 0 amide bonds. The fraction of sp³-hybridized carbons (Fsp3) is 0.333. The molecule has 0 aromatic heterocycles. The van der Waals surface area contributed by atoms with Crippen LogP contribution in [0.5, 0.6) is 0 Å². The van der Waals surface area contributed by atoms with Crippen LogP contribution in [0.3, 0.4) is 0 Å². The molecule has 0 aliphatic heterocycles. The minimum Gasteiger partial charge on any atom is -0.480 e. The summed E-state index contributed by atoms with van der Waals surface area (Å²) in [4.78, 5) is 40.8. The predicted octanol–water partition coefficient (Wildman–Crippen LogP) is -1.75. The molecule has 0 unspecified atom stereocenters. The van der Waals surface area contributed by atoms with Crippen molar-refractivity contribution >= 4 is 23.9 Å². The van der Waals surface area contributed by atoms with Crippen molar-refractivity contribution in [2.24, 2.45) is 11.5 Å². The van der Waals surface area contributed by atoms with Gasteiger partial charge in [-0.05, 0) is 0 Å². The number of nitrogens with two attached hydrogens (primary N) is 2. The number of carboxylic acids is 2. The van der Waals surface area contributed by atoms with Crippen molar-refractivity contribution in [3.8, 4) is 0 Å². The third-order valence-corrected chi connectivity index (χ3v) is 1.78. The second kappa shape index (κ2) is 14.7. The Morgan fingerprint density at radius 3 is 1.30 bits per heavy atom. The van der Waals surface area contributed by atoms with Gasteiger partial charge in [0.2, 0.25) is 0 Å². The first-order chi connectivity index (χ1) is 10.1. The number of hydrogen-bond acceptors (Lipinski definition) is 8. The molecule has 1 radical (unpaired) electrons. The van der Waals surface area contributed by atoms with Crippen molar-refractivity contribution in [1.29, 1.82) is 0 Å². The molecule has 0 saturated carbocycles. The van der Waals surface area contributed by atoms with Gasteiger partial charge in [-0.25, -0.2) is 9.59 Å². The van der Waals surface area contributed by atoms with E-state index >= 15 is 0 Å². The van der Waals surface area contributed by atoms with E-state index in [0.29, 0.717) is 0 Å². The molecule has 0 rings (SSSR count). The van der Waals surface area contributed by atoms with Crippen molar-refractivity contribution in [1.82, 2.24) is 0 Å². The molecular formula is C12H18CuN2O8. The van der Waals surface area contributed by atoms with E-state index in [4.69, 9.17) is 21.7 Å². The summed E-state index contributed by atoms with van der Waals surface area (Å²) >= 11 is 0. The van der Waals surface area contributed by atoms with E-state index in [0.717, 1.165) is 12.2 Å². The topological polar surface area (TPSA) is 179 Å². The zero-order chi connectivity index (χ0) is 17.7. The minimum atomic E-state index is -1.21. The summed E-state index contributed by atoms with van der Waals surface area (Å²) in [6.07, 6.45) is 1.88. The summed E-state index contributed by atoms with van der Waals surface area (Å²) in [5.41, 5.74) is 10.0. The zero-order valence-corrected chi connectivity index (χ0v) is 12.9. The molecule has 135 valence electrons. The maximum atomic E-state index is 10.4. The molecule has 0 spiro atoms. The number of ether oxygens (including phenoxy) is 2. The van der Waals surface area contributed by atoms with Gasteiger partial charge < -0.3 is 31.2 Å². The fourth-order valence-electron chi connectivity index (χ4n) is 0.604. The molecule has 10 nitrogen and oxygen atoms in total. The first kappa shape index (κ1) is 25.7. The van der Waals surface area contributed by atoms with Crippen LogP contribution in [-0.4, -0.2) is 59.4 Å². The monoisotopic (exact) mass is 381 g/mol. The van der Waals surface area contributed by atoms with Gasteiger partial charge in [0.05, 0.1) is 0 Å². The van der Waals surface area contributed by atoms with Crippen LogP contribution >= 0.6 is 0 Å². The van der Waals surface area contributed by atoms with E-state index in [1.807, 2.05) is 0 Å². The van der Waals surface area contributed by atoms with E-state index < -0.39 is 36.0 Å². The van der Waals surface area contributed by atoms with Crippen LogP contribution in [-0.2, 0) is 45.7 Å². The third kappa shape index (κ3) is 16.0. The van der Waals surface area contributed by atoms with Gasteiger partial charge in [-0.3, -0.25) is 9.59 Å². The van der Waals surface area contributed by atoms with Crippen LogP contribution in [0.2, 0.25) is 0 Å². The number of carbonyl (C=O) groups excluding carboxylic acids is 2. The summed E-state index contributed by atoms with van der Waals surface area (Å²) in [6, 6.07) is -2.34. The SMILES string of the molecule is C=CC(=O)OC[C@H](N)C(=O)O.C=CC(=O)OC[C@H](N)C(=O)O.[Cu]. The second-order valence-electron chi connectivity index (χ2n) is 3.56. The molecule has 0 bridgehead atoms. The number of rotatable bonds is 8. The number of aliphatic carboxylic acids is 2.